The lowest BCUT2D eigenvalue weighted by Crippen LogP contribution is -2.09. The third-order valence-electron chi connectivity index (χ3n) is 2.19. The molecule has 0 saturated heterocycles. The molecule has 0 aliphatic rings. The lowest BCUT2D eigenvalue weighted by atomic mass is 10.0. The molecule has 0 spiro atoms. The second-order valence-electron chi connectivity index (χ2n) is 3.32. The molecule has 1 atom stereocenters. The Kier molecular flexibility index (Phi) is 6.37. The van der Waals surface area contributed by atoms with E-state index in [9.17, 15) is 10.1 Å². The largest absolute Gasteiger partial charge is 0.324 e. The quantitative estimate of drug-likeness (QED) is 0.490. The molecule has 0 radical (unpaired) electrons. The van der Waals surface area contributed by atoms with Gasteiger partial charge in [0.2, 0.25) is 0 Å². The molecule has 0 fully saturated rings. The average Bonchev–Trinajstić information content (AvgIpc) is 2.26. The molecule has 0 aliphatic heterocycles. The molecule has 1 aromatic rings. The van der Waals surface area contributed by atoms with Crippen molar-refractivity contribution >= 4 is 18.1 Å². The van der Waals surface area contributed by atoms with Gasteiger partial charge in [0, 0.05) is 18.2 Å². The fraction of sp³-hybridized carbons (Fsp3) is 0.273. The molecule has 0 aromatic heterocycles. The summed E-state index contributed by atoms with van der Waals surface area (Å²) >= 11 is 0. The third-order valence-corrected chi connectivity index (χ3v) is 2.19. The van der Waals surface area contributed by atoms with Crippen LogP contribution in [0, 0.1) is 10.1 Å². The maximum atomic E-state index is 10.5. The Labute approximate surface area is 101 Å². The maximum Gasteiger partial charge on any atom is 0.269 e. The van der Waals surface area contributed by atoms with Gasteiger partial charge < -0.3 is 5.73 Å². The number of allylic oxidation sites excluding steroid dienone is 1. The minimum atomic E-state index is -0.413. The van der Waals surface area contributed by atoms with Crippen LogP contribution in [0.25, 0.3) is 0 Å². The summed E-state index contributed by atoms with van der Waals surface area (Å²) in [5.41, 5.74) is 6.76. The van der Waals surface area contributed by atoms with Crippen molar-refractivity contribution in [2.45, 2.75) is 18.9 Å². The highest BCUT2D eigenvalue weighted by Crippen LogP contribution is 2.20. The van der Waals surface area contributed by atoms with E-state index < -0.39 is 4.92 Å². The Bertz CT molecular complexity index is 369. The zero-order chi connectivity index (χ0) is 11.3. The number of benzene rings is 1. The highest BCUT2D eigenvalue weighted by molar-refractivity contribution is 5.85. The summed E-state index contributed by atoms with van der Waals surface area (Å²) in [5, 5.41) is 10.5. The molecule has 1 rings (SSSR count). The molecule has 0 heterocycles. The smallest absolute Gasteiger partial charge is 0.269 e. The average molecular weight is 243 g/mol. The zero-order valence-corrected chi connectivity index (χ0v) is 9.65. The van der Waals surface area contributed by atoms with Gasteiger partial charge in [-0.25, -0.2) is 0 Å². The van der Waals surface area contributed by atoms with E-state index >= 15 is 0 Å². The predicted molar refractivity (Wildman–Crippen MR) is 66.7 cm³/mol. The molecule has 4 nitrogen and oxygen atoms in total. The van der Waals surface area contributed by atoms with Crippen molar-refractivity contribution in [3.8, 4) is 0 Å². The highest BCUT2D eigenvalue weighted by Gasteiger charge is 2.10. The van der Waals surface area contributed by atoms with E-state index in [-0.39, 0.29) is 24.1 Å². The third kappa shape index (κ3) is 4.00. The number of rotatable bonds is 5. The fourth-order valence-corrected chi connectivity index (χ4v) is 1.33. The Morgan fingerprint density at radius 3 is 2.81 bits per heavy atom. The summed E-state index contributed by atoms with van der Waals surface area (Å²) in [6.45, 7) is 3.61. The van der Waals surface area contributed by atoms with Crippen LogP contribution in [-0.2, 0) is 0 Å². The standard InChI is InChI=1S/C11H14N2O2.ClH/c1-2-3-7-11(12)9-5-4-6-10(8-9)13(14)15;/h2,4-6,8,11H,1,3,7,12H2;1H/t11-;/m0./s1. The lowest BCUT2D eigenvalue weighted by molar-refractivity contribution is -0.384. The van der Waals surface area contributed by atoms with Gasteiger partial charge in [-0.15, -0.1) is 19.0 Å². The van der Waals surface area contributed by atoms with Crippen molar-refractivity contribution < 1.29 is 4.92 Å². The predicted octanol–water partition coefficient (Wildman–Crippen LogP) is 2.98. The summed E-state index contributed by atoms with van der Waals surface area (Å²) in [4.78, 5) is 10.1. The lowest BCUT2D eigenvalue weighted by Gasteiger charge is -2.09. The Morgan fingerprint density at radius 1 is 1.56 bits per heavy atom. The van der Waals surface area contributed by atoms with Crippen LogP contribution in [0.2, 0.25) is 0 Å². The molecule has 5 heteroatoms. The Morgan fingerprint density at radius 2 is 2.25 bits per heavy atom. The Balaban J connectivity index is 0.00000225. The van der Waals surface area contributed by atoms with E-state index in [0.29, 0.717) is 0 Å². The normalized spacial score (nSPS) is 11.3. The van der Waals surface area contributed by atoms with Crippen LogP contribution >= 0.6 is 12.4 Å². The molecule has 0 aliphatic carbocycles. The van der Waals surface area contributed by atoms with Gasteiger partial charge in [0.05, 0.1) is 4.92 Å². The molecule has 0 bridgehead atoms. The molecule has 0 unspecified atom stereocenters. The number of hydrogen-bond donors (Lipinski definition) is 1. The van der Waals surface area contributed by atoms with E-state index in [0.717, 1.165) is 18.4 Å². The number of nitrogens with zero attached hydrogens (tertiary/aromatic N) is 1. The van der Waals surface area contributed by atoms with E-state index in [1.165, 1.54) is 12.1 Å². The molecular weight excluding hydrogens is 228 g/mol. The number of nitrogens with two attached hydrogens (primary N) is 1. The first-order valence-corrected chi connectivity index (χ1v) is 4.76. The van der Waals surface area contributed by atoms with Crippen molar-refractivity contribution in [1.82, 2.24) is 0 Å². The first kappa shape index (κ1) is 14.6. The molecule has 1 aromatic carbocycles. The number of nitro benzene ring substituents is 1. The van der Waals surface area contributed by atoms with Gasteiger partial charge in [0.1, 0.15) is 0 Å². The van der Waals surface area contributed by atoms with Gasteiger partial charge in [-0.2, -0.15) is 0 Å². The van der Waals surface area contributed by atoms with E-state index in [1.54, 1.807) is 18.2 Å². The fourth-order valence-electron chi connectivity index (χ4n) is 1.33. The van der Waals surface area contributed by atoms with Crippen LogP contribution < -0.4 is 5.73 Å². The monoisotopic (exact) mass is 242 g/mol. The highest BCUT2D eigenvalue weighted by atomic mass is 35.5. The molecule has 0 amide bonds. The molecule has 0 saturated carbocycles. The van der Waals surface area contributed by atoms with Crippen LogP contribution in [-0.4, -0.2) is 4.92 Å². The van der Waals surface area contributed by atoms with E-state index in [1.807, 2.05) is 0 Å². The van der Waals surface area contributed by atoms with Crippen LogP contribution in [0.4, 0.5) is 5.69 Å². The number of non-ortho nitro benzene ring substituents is 1. The molecular formula is C11H15ClN2O2. The molecule has 16 heavy (non-hydrogen) atoms. The van der Waals surface area contributed by atoms with Gasteiger partial charge in [-0.3, -0.25) is 10.1 Å². The van der Waals surface area contributed by atoms with Crippen molar-refractivity contribution in [2.24, 2.45) is 5.73 Å². The van der Waals surface area contributed by atoms with E-state index in [4.69, 9.17) is 5.73 Å². The van der Waals surface area contributed by atoms with Crippen LogP contribution in [0.1, 0.15) is 24.4 Å². The van der Waals surface area contributed by atoms with Crippen molar-refractivity contribution in [3.05, 3.63) is 52.6 Å². The second kappa shape index (κ2) is 6.98. The number of nitro groups is 1. The maximum absolute atomic E-state index is 10.5. The van der Waals surface area contributed by atoms with Crippen LogP contribution in [0.15, 0.2) is 36.9 Å². The number of hydrogen-bond acceptors (Lipinski definition) is 3. The summed E-state index contributed by atoms with van der Waals surface area (Å²) in [7, 11) is 0. The summed E-state index contributed by atoms with van der Waals surface area (Å²) in [6.07, 6.45) is 3.35. The topological polar surface area (TPSA) is 69.2 Å². The summed E-state index contributed by atoms with van der Waals surface area (Å²) in [5.74, 6) is 0. The summed E-state index contributed by atoms with van der Waals surface area (Å²) in [6, 6.07) is 6.28. The van der Waals surface area contributed by atoms with Gasteiger partial charge >= 0.3 is 0 Å². The first-order chi connectivity index (χ1) is 7.15. The number of halogens is 1. The van der Waals surface area contributed by atoms with Gasteiger partial charge in [-0.1, -0.05) is 18.2 Å². The first-order valence-electron chi connectivity index (χ1n) is 4.76. The van der Waals surface area contributed by atoms with Crippen LogP contribution in [0.5, 0.6) is 0 Å². The van der Waals surface area contributed by atoms with Crippen LogP contribution in [0.3, 0.4) is 0 Å². The second-order valence-corrected chi connectivity index (χ2v) is 3.32. The minimum Gasteiger partial charge on any atom is -0.324 e. The zero-order valence-electron chi connectivity index (χ0n) is 8.83. The molecule has 88 valence electrons. The van der Waals surface area contributed by atoms with Gasteiger partial charge in [-0.05, 0) is 18.4 Å². The van der Waals surface area contributed by atoms with Crippen molar-refractivity contribution in [1.29, 1.82) is 0 Å². The van der Waals surface area contributed by atoms with E-state index in [2.05, 4.69) is 6.58 Å². The molecule has 2 N–H and O–H groups in total. The van der Waals surface area contributed by atoms with Crippen molar-refractivity contribution in [2.75, 3.05) is 0 Å². The SMILES string of the molecule is C=CCC[C@H](N)c1cccc([N+](=O)[O-])c1.Cl. The minimum absolute atomic E-state index is 0. The Hall–Kier alpha value is -1.39. The van der Waals surface area contributed by atoms with Crippen molar-refractivity contribution in [3.63, 3.8) is 0 Å². The summed E-state index contributed by atoms with van der Waals surface area (Å²) < 4.78 is 0. The van der Waals surface area contributed by atoms with Gasteiger partial charge in [0.15, 0.2) is 0 Å². The van der Waals surface area contributed by atoms with Gasteiger partial charge in [0.25, 0.3) is 5.69 Å².